The number of nitrogens with zero attached hydrogens (tertiary/aromatic N) is 6. The van der Waals surface area contributed by atoms with Gasteiger partial charge in [0.15, 0.2) is 9.84 Å². The molecular weight excluding hydrogens is 408 g/mol. The molecule has 0 aliphatic carbocycles. The van der Waals surface area contributed by atoms with Crippen LogP contribution in [0.3, 0.4) is 0 Å². The minimum atomic E-state index is -3.59. The predicted octanol–water partition coefficient (Wildman–Crippen LogP) is 0.551. The van der Waals surface area contributed by atoms with Crippen molar-refractivity contribution in [2.24, 2.45) is 12.0 Å². The van der Waals surface area contributed by atoms with Gasteiger partial charge in [0.1, 0.15) is 0 Å². The van der Waals surface area contributed by atoms with E-state index in [1.54, 1.807) is 20.2 Å². The van der Waals surface area contributed by atoms with E-state index in [2.05, 4.69) is 31.2 Å². The lowest BCUT2D eigenvalue weighted by Gasteiger charge is -2.14. The monoisotopic (exact) mass is 424 g/mol. The zero-order chi connectivity index (χ0) is 20.9. The average Bonchev–Trinajstić information content (AvgIpc) is 3.00. The molecule has 13 heteroatoms. The number of amides is 1. The Labute approximate surface area is 166 Å². The standard InChI is InChI=1S/C15H17ClN8O3S/c1-9(19-8-17)6-18-7-11-12(28(3,26)27)5-4-10(13(11)16)14(25)20-15-21-22-23-24(15)2/h4-5,18H,6-7H2,1-3H3,(H,20,21,23,25). The first-order valence-electron chi connectivity index (χ1n) is 7.83. The summed E-state index contributed by atoms with van der Waals surface area (Å²) in [7, 11) is -2.05. The Balaban J connectivity index is 2.36. The van der Waals surface area contributed by atoms with Gasteiger partial charge in [0.25, 0.3) is 5.91 Å². The first-order chi connectivity index (χ1) is 13.1. The molecule has 1 heterocycles. The summed E-state index contributed by atoms with van der Waals surface area (Å²) < 4.78 is 25.5. The van der Waals surface area contributed by atoms with Gasteiger partial charge >= 0.3 is 0 Å². The van der Waals surface area contributed by atoms with Crippen LogP contribution in [0.15, 0.2) is 22.0 Å². The number of aryl methyl sites for hydroxylation is 1. The fourth-order valence-corrected chi connectivity index (χ4v) is 3.60. The van der Waals surface area contributed by atoms with Crippen molar-refractivity contribution >= 4 is 39.0 Å². The van der Waals surface area contributed by atoms with E-state index >= 15 is 0 Å². The zero-order valence-electron chi connectivity index (χ0n) is 15.3. The van der Waals surface area contributed by atoms with E-state index in [9.17, 15) is 13.2 Å². The molecule has 0 unspecified atom stereocenters. The number of halogens is 1. The van der Waals surface area contributed by atoms with E-state index in [1.807, 2.05) is 0 Å². The first kappa shape index (κ1) is 21.4. The van der Waals surface area contributed by atoms with Crippen molar-refractivity contribution in [1.29, 1.82) is 5.26 Å². The summed E-state index contributed by atoms with van der Waals surface area (Å²) in [6, 6.07) is 2.64. The number of carbonyl (C=O) groups excluding carboxylic acids is 1. The Morgan fingerprint density at radius 1 is 1.43 bits per heavy atom. The lowest BCUT2D eigenvalue weighted by atomic mass is 10.1. The molecule has 1 aromatic carbocycles. The number of aromatic nitrogens is 4. The number of aliphatic imine (C=N–C) groups is 1. The van der Waals surface area contributed by atoms with Gasteiger partial charge < -0.3 is 5.32 Å². The number of rotatable bonds is 7. The van der Waals surface area contributed by atoms with E-state index < -0.39 is 15.7 Å². The number of nitriles is 1. The number of nitrogens with one attached hydrogen (secondary N) is 2. The smallest absolute Gasteiger partial charge is 0.259 e. The van der Waals surface area contributed by atoms with Gasteiger partial charge in [-0.3, -0.25) is 10.1 Å². The number of tetrazole rings is 1. The summed E-state index contributed by atoms with van der Waals surface area (Å²) >= 11 is 6.36. The summed E-state index contributed by atoms with van der Waals surface area (Å²) in [5.74, 6) is -0.484. The summed E-state index contributed by atoms with van der Waals surface area (Å²) in [4.78, 5) is 16.1. The van der Waals surface area contributed by atoms with Crippen molar-refractivity contribution in [3.63, 3.8) is 0 Å². The fourth-order valence-electron chi connectivity index (χ4n) is 2.29. The van der Waals surface area contributed by atoms with E-state index in [0.29, 0.717) is 5.71 Å². The van der Waals surface area contributed by atoms with Crippen molar-refractivity contribution < 1.29 is 13.2 Å². The Morgan fingerprint density at radius 3 is 2.71 bits per heavy atom. The van der Waals surface area contributed by atoms with Gasteiger partial charge in [0.05, 0.1) is 15.5 Å². The largest absolute Gasteiger partial charge is 0.307 e. The van der Waals surface area contributed by atoms with Gasteiger partial charge in [-0.05, 0) is 29.5 Å². The van der Waals surface area contributed by atoms with E-state index in [0.717, 1.165) is 6.26 Å². The molecule has 0 spiro atoms. The maximum absolute atomic E-state index is 12.5. The average molecular weight is 425 g/mol. The Hall–Kier alpha value is -2.88. The molecule has 1 aromatic heterocycles. The molecule has 0 aliphatic heterocycles. The molecular formula is C15H17ClN8O3S. The fraction of sp³-hybridized carbons (Fsp3) is 0.333. The third-order valence-corrected chi connectivity index (χ3v) is 5.23. The highest BCUT2D eigenvalue weighted by Crippen LogP contribution is 2.28. The normalized spacial score (nSPS) is 11.9. The van der Waals surface area contributed by atoms with Crippen LogP contribution >= 0.6 is 11.6 Å². The molecule has 0 bridgehead atoms. The molecule has 0 saturated heterocycles. The predicted molar refractivity (Wildman–Crippen MR) is 102 cm³/mol. The number of carbonyl (C=O) groups is 1. The van der Waals surface area contributed by atoms with Gasteiger partial charge in [-0.25, -0.2) is 13.1 Å². The van der Waals surface area contributed by atoms with Crippen molar-refractivity contribution in [2.75, 3.05) is 18.1 Å². The van der Waals surface area contributed by atoms with E-state index in [4.69, 9.17) is 16.9 Å². The first-order valence-corrected chi connectivity index (χ1v) is 10.1. The molecule has 28 heavy (non-hydrogen) atoms. The Kier molecular flexibility index (Phi) is 6.79. The molecule has 0 saturated carbocycles. The maximum atomic E-state index is 12.5. The number of sulfone groups is 1. The van der Waals surface area contributed by atoms with Gasteiger partial charge in [0.2, 0.25) is 12.1 Å². The van der Waals surface area contributed by atoms with Crippen LogP contribution in [0.5, 0.6) is 0 Å². The topological polar surface area (TPSA) is 155 Å². The number of anilines is 1. The second-order valence-corrected chi connectivity index (χ2v) is 8.17. The van der Waals surface area contributed by atoms with E-state index in [-0.39, 0.29) is 40.1 Å². The van der Waals surface area contributed by atoms with Crippen LogP contribution < -0.4 is 10.6 Å². The van der Waals surface area contributed by atoms with Crippen LogP contribution in [-0.2, 0) is 23.4 Å². The second kappa shape index (κ2) is 8.87. The molecule has 0 atom stereocenters. The molecule has 2 N–H and O–H groups in total. The van der Waals surface area contributed by atoms with Crippen LogP contribution in [0.1, 0.15) is 22.8 Å². The lowest BCUT2D eigenvalue weighted by molar-refractivity contribution is 0.102. The Morgan fingerprint density at radius 2 is 2.14 bits per heavy atom. The summed E-state index contributed by atoms with van der Waals surface area (Å²) in [5, 5.41) is 24.7. The molecule has 2 aromatic rings. The van der Waals surface area contributed by atoms with Crippen molar-refractivity contribution in [2.45, 2.75) is 18.4 Å². The van der Waals surface area contributed by atoms with Gasteiger partial charge in [-0.1, -0.05) is 16.7 Å². The maximum Gasteiger partial charge on any atom is 0.259 e. The summed E-state index contributed by atoms with van der Waals surface area (Å²) in [5.41, 5.74) is 0.817. The molecule has 2 rings (SSSR count). The van der Waals surface area contributed by atoms with Crippen LogP contribution in [0.25, 0.3) is 0 Å². The SMILES string of the molecule is CC(CNCc1c(S(C)(=O)=O)ccc(C(=O)Nc2nnnn2C)c1Cl)=NC#N. The van der Waals surface area contributed by atoms with Crippen LogP contribution in [0, 0.1) is 11.5 Å². The molecule has 1 amide bonds. The molecule has 11 nitrogen and oxygen atoms in total. The third kappa shape index (κ3) is 5.10. The highest BCUT2D eigenvalue weighted by atomic mass is 35.5. The quantitative estimate of drug-likeness (QED) is 0.482. The number of hydrogen-bond donors (Lipinski definition) is 2. The van der Waals surface area contributed by atoms with Crippen molar-refractivity contribution in [1.82, 2.24) is 25.5 Å². The summed E-state index contributed by atoms with van der Waals surface area (Å²) in [6.07, 6.45) is 2.72. The number of hydrogen-bond acceptors (Lipinski definition) is 9. The van der Waals surface area contributed by atoms with E-state index in [1.165, 1.54) is 16.8 Å². The van der Waals surface area contributed by atoms with Gasteiger partial charge in [-0.2, -0.15) is 10.3 Å². The van der Waals surface area contributed by atoms with Gasteiger partial charge in [0, 0.05) is 37.7 Å². The van der Waals surface area contributed by atoms with Crippen molar-refractivity contribution in [3.8, 4) is 6.19 Å². The van der Waals surface area contributed by atoms with Gasteiger partial charge in [-0.15, -0.1) is 0 Å². The molecule has 0 fully saturated rings. The molecule has 0 radical (unpaired) electrons. The van der Waals surface area contributed by atoms with Crippen molar-refractivity contribution in [3.05, 3.63) is 28.3 Å². The highest BCUT2D eigenvalue weighted by molar-refractivity contribution is 7.90. The number of benzene rings is 1. The third-order valence-electron chi connectivity index (χ3n) is 3.61. The molecule has 0 aliphatic rings. The highest BCUT2D eigenvalue weighted by Gasteiger charge is 2.22. The van der Waals surface area contributed by atoms with Crippen LogP contribution in [-0.4, -0.2) is 53.0 Å². The zero-order valence-corrected chi connectivity index (χ0v) is 16.8. The second-order valence-electron chi connectivity index (χ2n) is 5.81. The van der Waals surface area contributed by atoms with Crippen LogP contribution in [0.2, 0.25) is 5.02 Å². The minimum Gasteiger partial charge on any atom is -0.307 e. The minimum absolute atomic E-state index is 0.00301. The molecule has 148 valence electrons. The Bertz CT molecular complexity index is 1070. The lowest BCUT2D eigenvalue weighted by Crippen LogP contribution is -2.23. The summed E-state index contributed by atoms with van der Waals surface area (Å²) in [6.45, 7) is 1.94. The van der Waals surface area contributed by atoms with Crippen LogP contribution in [0.4, 0.5) is 5.95 Å².